The molecule has 0 spiro atoms. The van der Waals surface area contributed by atoms with Crippen LogP contribution in [0.1, 0.15) is 50.4 Å². The van der Waals surface area contributed by atoms with Crippen molar-refractivity contribution in [3.63, 3.8) is 0 Å². The molecule has 0 bridgehead atoms. The van der Waals surface area contributed by atoms with Gasteiger partial charge in [0.05, 0.1) is 5.69 Å². The summed E-state index contributed by atoms with van der Waals surface area (Å²) in [5, 5.41) is 2.91. The minimum absolute atomic E-state index is 0.0113. The second-order valence-electron chi connectivity index (χ2n) is 6.05. The standard InChI is InChI=1S/C18H24N2O4/c1-4-12(2)19-17(22)6-5-9-20-15-10-14(13(3)21)7-8-16(15)24-11-18(20)23/h7-8,10,12H,4-6,9,11H2,1-3H3,(H,19,22)/t12-/m0/s1. The Balaban J connectivity index is 2.03. The summed E-state index contributed by atoms with van der Waals surface area (Å²) in [4.78, 5) is 37.1. The molecular formula is C18H24N2O4. The van der Waals surface area contributed by atoms with E-state index in [4.69, 9.17) is 4.74 Å². The first-order valence-corrected chi connectivity index (χ1v) is 8.30. The van der Waals surface area contributed by atoms with Crippen LogP contribution in [0.25, 0.3) is 0 Å². The van der Waals surface area contributed by atoms with Gasteiger partial charge in [-0.25, -0.2) is 0 Å². The Morgan fingerprint density at radius 2 is 2.12 bits per heavy atom. The molecule has 0 aliphatic carbocycles. The van der Waals surface area contributed by atoms with E-state index in [1.165, 1.54) is 6.92 Å². The van der Waals surface area contributed by atoms with E-state index in [9.17, 15) is 14.4 Å². The van der Waals surface area contributed by atoms with Crippen LogP contribution in [0.5, 0.6) is 5.75 Å². The van der Waals surface area contributed by atoms with Gasteiger partial charge in [-0.15, -0.1) is 0 Å². The number of carbonyl (C=O) groups is 3. The zero-order chi connectivity index (χ0) is 17.7. The third kappa shape index (κ3) is 4.34. The first-order chi connectivity index (χ1) is 11.4. The monoisotopic (exact) mass is 332 g/mol. The molecule has 1 aliphatic heterocycles. The van der Waals surface area contributed by atoms with E-state index in [0.29, 0.717) is 36.4 Å². The van der Waals surface area contributed by atoms with E-state index in [1.54, 1.807) is 23.1 Å². The molecular weight excluding hydrogens is 308 g/mol. The zero-order valence-electron chi connectivity index (χ0n) is 14.4. The summed E-state index contributed by atoms with van der Waals surface area (Å²) in [6.45, 7) is 5.86. The van der Waals surface area contributed by atoms with E-state index in [0.717, 1.165) is 6.42 Å². The number of carbonyl (C=O) groups excluding carboxylic acids is 3. The largest absolute Gasteiger partial charge is 0.482 e. The number of nitrogens with one attached hydrogen (secondary N) is 1. The number of fused-ring (bicyclic) bond motifs is 1. The van der Waals surface area contributed by atoms with Gasteiger partial charge < -0.3 is 15.0 Å². The number of benzene rings is 1. The van der Waals surface area contributed by atoms with Crippen molar-refractivity contribution in [2.24, 2.45) is 0 Å². The van der Waals surface area contributed by atoms with Gasteiger partial charge in [0.15, 0.2) is 12.4 Å². The van der Waals surface area contributed by atoms with Gasteiger partial charge in [-0.1, -0.05) is 6.92 Å². The molecule has 24 heavy (non-hydrogen) atoms. The fourth-order valence-corrected chi connectivity index (χ4v) is 2.51. The molecule has 0 radical (unpaired) electrons. The lowest BCUT2D eigenvalue weighted by Gasteiger charge is -2.29. The van der Waals surface area contributed by atoms with Gasteiger partial charge in [-0.05, 0) is 44.9 Å². The molecule has 2 rings (SSSR count). The lowest BCUT2D eigenvalue weighted by molar-refractivity contribution is -0.123. The second kappa shape index (κ2) is 7.95. The molecule has 1 aliphatic rings. The molecule has 0 fully saturated rings. The number of rotatable bonds is 7. The summed E-state index contributed by atoms with van der Waals surface area (Å²) in [5.74, 6) is 0.348. The fourth-order valence-electron chi connectivity index (χ4n) is 2.51. The third-order valence-corrected chi connectivity index (χ3v) is 4.11. The SMILES string of the molecule is CC[C@H](C)NC(=O)CCCN1C(=O)COc2ccc(C(C)=O)cc21. The summed E-state index contributed by atoms with van der Waals surface area (Å²) < 4.78 is 5.41. The van der Waals surface area contributed by atoms with Crippen LogP contribution in [-0.4, -0.2) is 36.8 Å². The Morgan fingerprint density at radius 3 is 2.79 bits per heavy atom. The van der Waals surface area contributed by atoms with Crippen LogP contribution in [0, 0.1) is 0 Å². The van der Waals surface area contributed by atoms with Crippen LogP contribution in [0.4, 0.5) is 5.69 Å². The summed E-state index contributed by atoms with van der Waals surface area (Å²) in [6, 6.07) is 5.23. The Hall–Kier alpha value is -2.37. The van der Waals surface area contributed by atoms with Crippen molar-refractivity contribution in [3.8, 4) is 5.75 Å². The van der Waals surface area contributed by atoms with Gasteiger partial charge in [0.25, 0.3) is 5.91 Å². The maximum Gasteiger partial charge on any atom is 0.265 e. The lowest BCUT2D eigenvalue weighted by atomic mass is 10.1. The average Bonchev–Trinajstić information content (AvgIpc) is 2.56. The summed E-state index contributed by atoms with van der Waals surface area (Å²) in [5.41, 5.74) is 1.13. The highest BCUT2D eigenvalue weighted by Gasteiger charge is 2.26. The van der Waals surface area contributed by atoms with E-state index in [2.05, 4.69) is 5.32 Å². The quantitative estimate of drug-likeness (QED) is 0.778. The maximum absolute atomic E-state index is 12.2. The Labute approximate surface area is 142 Å². The highest BCUT2D eigenvalue weighted by Crippen LogP contribution is 2.33. The van der Waals surface area contributed by atoms with Crippen molar-refractivity contribution in [1.82, 2.24) is 5.32 Å². The van der Waals surface area contributed by atoms with Gasteiger partial charge >= 0.3 is 0 Å². The number of ketones is 1. The van der Waals surface area contributed by atoms with Crippen LogP contribution in [0.15, 0.2) is 18.2 Å². The first-order valence-electron chi connectivity index (χ1n) is 8.30. The number of anilines is 1. The predicted octanol–water partition coefficient (Wildman–Crippen LogP) is 2.31. The third-order valence-electron chi connectivity index (χ3n) is 4.11. The molecule has 6 nitrogen and oxygen atoms in total. The molecule has 0 unspecified atom stereocenters. The van der Waals surface area contributed by atoms with Crippen LogP contribution in [-0.2, 0) is 9.59 Å². The average molecular weight is 332 g/mol. The van der Waals surface area contributed by atoms with E-state index in [-0.39, 0.29) is 30.2 Å². The van der Waals surface area contributed by atoms with Gasteiger partial charge in [0.1, 0.15) is 5.75 Å². The van der Waals surface area contributed by atoms with Crippen molar-refractivity contribution in [2.45, 2.75) is 46.1 Å². The van der Waals surface area contributed by atoms with Crippen molar-refractivity contribution in [2.75, 3.05) is 18.1 Å². The van der Waals surface area contributed by atoms with E-state index < -0.39 is 0 Å². The fraction of sp³-hybridized carbons (Fsp3) is 0.500. The van der Waals surface area contributed by atoms with Crippen molar-refractivity contribution >= 4 is 23.3 Å². The second-order valence-corrected chi connectivity index (χ2v) is 6.05. The topological polar surface area (TPSA) is 75.7 Å². The van der Waals surface area contributed by atoms with E-state index >= 15 is 0 Å². The molecule has 6 heteroatoms. The van der Waals surface area contributed by atoms with Gasteiger partial charge in [0, 0.05) is 24.6 Å². The zero-order valence-corrected chi connectivity index (χ0v) is 14.4. The maximum atomic E-state index is 12.2. The van der Waals surface area contributed by atoms with Crippen LogP contribution in [0.3, 0.4) is 0 Å². The molecule has 2 amide bonds. The Kier molecular flexibility index (Phi) is 5.95. The predicted molar refractivity (Wildman–Crippen MR) is 91.4 cm³/mol. The van der Waals surface area contributed by atoms with E-state index in [1.807, 2.05) is 13.8 Å². The molecule has 130 valence electrons. The molecule has 0 saturated heterocycles. The lowest BCUT2D eigenvalue weighted by Crippen LogP contribution is -2.40. The van der Waals surface area contributed by atoms with Crippen molar-refractivity contribution in [1.29, 1.82) is 0 Å². The summed E-state index contributed by atoms with van der Waals surface area (Å²) in [7, 11) is 0. The van der Waals surface area contributed by atoms with Gasteiger partial charge in [-0.2, -0.15) is 0 Å². The Bertz CT molecular complexity index is 642. The number of hydrogen-bond acceptors (Lipinski definition) is 4. The van der Waals surface area contributed by atoms with Gasteiger partial charge in [0.2, 0.25) is 5.91 Å². The number of hydrogen-bond donors (Lipinski definition) is 1. The normalized spacial score (nSPS) is 14.6. The number of ether oxygens (including phenoxy) is 1. The molecule has 1 heterocycles. The molecule has 1 atom stereocenters. The van der Waals surface area contributed by atoms with Crippen molar-refractivity contribution < 1.29 is 19.1 Å². The first kappa shape index (κ1) is 18.0. The smallest absolute Gasteiger partial charge is 0.265 e. The Morgan fingerprint density at radius 1 is 1.38 bits per heavy atom. The minimum Gasteiger partial charge on any atom is -0.482 e. The van der Waals surface area contributed by atoms with Crippen LogP contribution >= 0.6 is 0 Å². The minimum atomic E-state index is -0.162. The summed E-state index contributed by atoms with van der Waals surface area (Å²) in [6.07, 6.45) is 1.79. The summed E-state index contributed by atoms with van der Waals surface area (Å²) >= 11 is 0. The number of nitrogens with zero attached hydrogens (tertiary/aromatic N) is 1. The van der Waals surface area contributed by atoms with Crippen LogP contribution < -0.4 is 15.0 Å². The molecule has 0 aromatic heterocycles. The molecule has 0 saturated carbocycles. The van der Waals surface area contributed by atoms with Crippen LogP contribution in [0.2, 0.25) is 0 Å². The highest BCUT2D eigenvalue weighted by molar-refractivity contribution is 6.01. The highest BCUT2D eigenvalue weighted by atomic mass is 16.5. The number of amides is 2. The number of Topliss-reactive ketones (excluding diaryl/α,β-unsaturated/α-hetero) is 1. The van der Waals surface area contributed by atoms with Crippen molar-refractivity contribution in [3.05, 3.63) is 23.8 Å². The molecule has 1 N–H and O–H groups in total. The molecule has 1 aromatic carbocycles. The van der Waals surface area contributed by atoms with Gasteiger partial charge in [-0.3, -0.25) is 14.4 Å². The molecule has 1 aromatic rings.